The van der Waals surface area contributed by atoms with Crippen molar-refractivity contribution in [1.29, 1.82) is 0 Å². The number of nitrogens with one attached hydrogen (secondary N) is 1. The summed E-state index contributed by atoms with van der Waals surface area (Å²) in [6, 6.07) is 14.9. The van der Waals surface area contributed by atoms with E-state index < -0.39 is 10.8 Å². The summed E-state index contributed by atoms with van der Waals surface area (Å²) in [4.78, 5) is 32.1. The van der Waals surface area contributed by atoms with Crippen LogP contribution in [-0.4, -0.2) is 26.0 Å². The number of rotatable bonds is 5. The molecule has 0 radical (unpaired) electrons. The van der Waals surface area contributed by atoms with Gasteiger partial charge in [-0.1, -0.05) is 52.9 Å². The average molecular weight is 407 g/mol. The normalized spacial score (nSPS) is 10.7. The zero-order valence-electron chi connectivity index (χ0n) is 15.0. The van der Waals surface area contributed by atoms with Crippen LogP contribution in [0, 0.1) is 17.0 Å². The number of non-ortho nitro benzene ring substituents is 1. The number of amides is 1. The van der Waals surface area contributed by atoms with Crippen LogP contribution < -0.4 is 5.32 Å². The molecular formula is C19H13N5O4S. The lowest BCUT2D eigenvalue weighted by Gasteiger charge is -2.01. The molecule has 9 nitrogen and oxygen atoms in total. The molecule has 0 bridgehead atoms. The van der Waals surface area contributed by atoms with Crippen molar-refractivity contribution in [3.05, 3.63) is 76.0 Å². The van der Waals surface area contributed by atoms with Crippen molar-refractivity contribution in [3.63, 3.8) is 0 Å². The summed E-state index contributed by atoms with van der Waals surface area (Å²) in [7, 11) is 0. The van der Waals surface area contributed by atoms with Gasteiger partial charge in [0.25, 0.3) is 17.5 Å². The number of carbonyl (C=O) groups excluding carboxylic acids is 1. The molecule has 2 aromatic heterocycles. The summed E-state index contributed by atoms with van der Waals surface area (Å²) in [5.74, 6) is 0.259. The Balaban J connectivity index is 1.56. The van der Waals surface area contributed by atoms with E-state index in [0.717, 1.165) is 5.56 Å². The highest BCUT2D eigenvalue weighted by Crippen LogP contribution is 2.33. The Morgan fingerprint density at radius 3 is 2.69 bits per heavy atom. The minimum Gasteiger partial charge on any atom is -0.333 e. The fourth-order valence-electron chi connectivity index (χ4n) is 2.60. The van der Waals surface area contributed by atoms with E-state index in [2.05, 4.69) is 20.4 Å². The van der Waals surface area contributed by atoms with Gasteiger partial charge in [-0.2, -0.15) is 4.98 Å². The molecule has 0 saturated carbocycles. The Labute approximate surface area is 168 Å². The van der Waals surface area contributed by atoms with Crippen molar-refractivity contribution in [2.75, 3.05) is 5.32 Å². The molecule has 0 atom stereocenters. The van der Waals surface area contributed by atoms with Gasteiger partial charge in [-0.15, -0.1) is 0 Å². The second-order valence-corrected chi connectivity index (χ2v) is 6.98. The average Bonchev–Trinajstić information content (AvgIpc) is 3.35. The molecule has 144 valence electrons. The highest BCUT2D eigenvalue weighted by atomic mass is 32.1. The van der Waals surface area contributed by atoms with Crippen LogP contribution in [-0.2, 0) is 0 Å². The number of nitro benzene ring substituents is 1. The molecule has 0 spiro atoms. The highest BCUT2D eigenvalue weighted by Gasteiger charge is 2.19. The molecule has 0 aliphatic carbocycles. The van der Waals surface area contributed by atoms with Gasteiger partial charge in [0, 0.05) is 23.3 Å². The van der Waals surface area contributed by atoms with Gasteiger partial charge in [0.05, 0.1) is 10.6 Å². The lowest BCUT2D eigenvalue weighted by Crippen LogP contribution is -2.11. The molecule has 0 fully saturated rings. The third-order valence-electron chi connectivity index (χ3n) is 3.99. The van der Waals surface area contributed by atoms with Crippen LogP contribution in [0.25, 0.3) is 22.2 Å². The topological polar surface area (TPSA) is 124 Å². The number of nitrogens with zero attached hydrogens (tertiary/aromatic N) is 4. The summed E-state index contributed by atoms with van der Waals surface area (Å²) in [5, 5.41) is 17.9. The second kappa shape index (κ2) is 7.60. The van der Waals surface area contributed by atoms with Crippen molar-refractivity contribution in [1.82, 2.24) is 15.1 Å². The van der Waals surface area contributed by atoms with Crippen LogP contribution in [0.2, 0.25) is 0 Å². The molecule has 1 amide bonds. The van der Waals surface area contributed by atoms with Crippen LogP contribution in [0.5, 0.6) is 0 Å². The lowest BCUT2D eigenvalue weighted by molar-refractivity contribution is -0.384. The molecule has 0 aliphatic rings. The van der Waals surface area contributed by atoms with Crippen molar-refractivity contribution in [3.8, 4) is 22.2 Å². The molecule has 1 N–H and O–H groups in total. The maximum Gasteiger partial charge on any atom is 0.270 e. The maximum absolute atomic E-state index is 12.4. The quantitative estimate of drug-likeness (QED) is 0.386. The lowest BCUT2D eigenvalue weighted by atomic mass is 10.2. The zero-order valence-corrected chi connectivity index (χ0v) is 15.8. The van der Waals surface area contributed by atoms with Crippen molar-refractivity contribution in [2.45, 2.75) is 6.92 Å². The molecule has 2 aromatic carbocycles. The Kier molecular flexibility index (Phi) is 4.83. The first-order valence-corrected chi connectivity index (χ1v) is 9.25. The van der Waals surface area contributed by atoms with Crippen molar-refractivity contribution < 1.29 is 14.2 Å². The van der Waals surface area contributed by atoms with E-state index in [1.165, 1.54) is 35.6 Å². The number of benzene rings is 2. The fraction of sp³-hybridized carbons (Fsp3) is 0.0526. The predicted molar refractivity (Wildman–Crippen MR) is 107 cm³/mol. The molecule has 29 heavy (non-hydrogen) atoms. The number of carbonyl (C=O) groups is 1. The second-order valence-electron chi connectivity index (χ2n) is 5.98. The molecule has 0 aliphatic heterocycles. The first-order valence-electron chi connectivity index (χ1n) is 8.44. The largest absolute Gasteiger partial charge is 0.333 e. The van der Waals surface area contributed by atoms with E-state index in [-0.39, 0.29) is 11.3 Å². The molecule has 0 saturated heterocycles. The third kappa shape index (κ3) is 3.87. The summed E-state index contributed by atoms with van der Waals surface area (Å²) in [5.41, 5.74) is 1.45. The van der Waals surface area contributed by atoms with E-state index in [1.54, 1.807) is 6.92 Å². The summed E-state index contributed by atoms with van der Waals surface area (Å²) in [6.07, 6.45) is 0. The Morgan fingerprint density at radius 1 is 1.14 bits per heavy atom. The van der Waals surface area contributed by atoms with Crippen molar-refractivity contribution >= 4 is 28.1 Å². The number of hydrogen-bond donors (Lipinski definition) is 1. The number of thiazole rings is 1. The van der Waals surface area contributed by atoms with Gasteiger partial charge in [-0.25, -0.2) is 4.98 Å². The van der Waals surface area contributed by atoms with Gasteiger partial charge in [-0.3, -0.25) is 20.2 Å². The van der Waals surface area contributed by atoms with Gasteiger partial charge in [-0.05, 0) is 13.0 Å². The van der Waals surface area contributed by atoms with Gasteiger partial charge < -0.3 is 4.52 Å². The molecule has 4 aromatic rings. The Bertz CT molecular complexity index is 1200. The van der Waals surface area contributed by atoms with E-state index in [9.17, 15) is 14.9 Å². The third-order valence-corrected chi connectivity index (χ3v) is 5.05. The minimum absolute atomic E-state index is 0.159. The first-order chi connectivity index (χ1) is 14.0. The smallest absolute Gasteiger partial charge is 0.270 e. The fourth-order valence-corrected chi connectivity index (χ4v) is 3.48. The maximum atomic E-state index is 12.4. The highest BCUT2D eigenvalue weighted by molar-refractivity contribution is 7.19. The number of anilines is 1. The van der Waals surface area contributed by atoms with Crippen LogP contribution >= 0.6 is 11.3 Å². The first kappa shape index (κ1) is 18.4. The van der Waals surface area contributed by atoms with Crippen molar-refractivity contribution in [2.24, 2.45) is 0 Å². The van der Waals surface area contributed by atoms with Crippen LogP contribution in [0.15, 0.2) is 59.1 Å². The number of aryl methyl sites for hydroxylation is 1. The number of nitro groups is 1. The molecule has 4 rings (SSSR count). The monoisotopic (exact) mass is 407 g/mol. The predicted octanol–water partition coefficient (Wildman–Crippen LogP) is 4.33. The summed E-state index contributed by atoms with van der Waals surface area (Å²) in [6.45, 7) is 1.77. The van der Waals surface area contributed by atoms with Crippen LogP contribution in [0.4, 0.5) is 10.8 Å². The van der Waals surface area contributed by atoms with E-state index in [1.807, 2.05) is 30.3 Å². The van der Waals surface area contributed by atoms with Crippen LogP contribution in [0.3, 0.4) is 0 Å². The summed E-state index contributed by atoms with van der Waals surface area (Å²) >= 11 is 1.18. The van der Waals surface area contributed by atoms with Crippen LogP contribution in [0.1, 0.15) is 16.1 Å². The standard InChI is InChI=1S/C19H13N5O4S/c1-11-15(18-21-16(23-28-18)12-6-3-2-4-7-12)29-19(20-11)22-17(25)13-8-5-9-14(10-13)24(26)27/h2-10H,1H3,(H,20,22,25). The minimum atomic E-state index is -0.553. The Morgan fingerprint density at radius 2 is 1.93 bits per heavy atom. The summed E-state index contributed by atoms with van der Waals surface area (Å²) < 4.78 is 5.35. The van der Waals surface area contributed by atoms with Gasteiger partial charge in [0.15, 0.2) is 5.13 Å². The molecule has 0 unspecified atom stereocenters. The molecule has 2 heterocycles. The molecular weight excluding hydrogens is 394 g/mol. The number of aromatic nitrogens is 3. The Hall–Kier alpha value is -3.92. The molecule has 10 heteroatoms. The van der Waals surface area contributed by atoms with Gasteiger partial charge in [0.2, 0.25) is 5.82 Å². The SMILES string of the molecule is Cc1nc(NC(=O)c2cccc([N+](=O)[O-])c2)sc1-c1nc(-c2ccccc2)no1. The van der Waals surface area contributed by atoms with E-state index >= 15 is 0 Å². The van der Waals surface area contributed by atoms with E-state index in [4.69, 9.17) is 4.52 Å². The zero-order chi connectivity index (χ0) is 20.4. The number of hydrogen-bond acceptors (Lipinski definition) is 8. The van der Waals surface area contributed by atoms with E-state index in [0.29, 0.717) is 27.4 Å². The van der Waals surface area contributed by atoms with Gasteiger partial charge in [0.1, 0.15) is 4.88 Å². The van der Waals surface area contributed by atoms with Gasteiger partial charge >= 0.3 is 0 Å².